The van der Waals surface area contributed by atoms with Crippen LogP contribution in [0.4, 0.5) is 10.5 Å². The van der Waals surface area contributed by atoms with Gasteiger partial charge in [0, 0.05) is 18.6 Å². The van der Waals surface area contributed by atoms with E-state index < -0.39 is 28.6 Å². The van der Waals surface area contributed by atoms with E-state index in [9.17, 15) is 19.7 Å². The van der Waals surface area contributed by atoms with Gasteiger partial charge in [-0.3, -0.25) is 10.1 Å². The van der Waals surface area contributed by atoms with Crippen molar-refractivity contribution in [3.05, 3.63) is 39.9 Å². The Bertz CT molecular complexity index is 577. The highest BCUT2D eigenvalue weighted by Gasteiger charge is 2.25. The number of amides is 1. The summed E-state index contributed by atoms with van der Waals surface area (Å²) in [6.07, 6.45) is -0.612. The average Bonchev–Trinajstić information content (AvgIpc) is 2.44. The second-order valence-corrected chi connectivity index (χ2v) is 5.85. The Morgan fingerprint density at radius 2 is 1.83 bits per heavy atom. The van der Waals surface area contributed by atoms with Crippen LogP contribution >= 0.6 is 0 Å². The summed E-state index contributed by atoms with van der Waals surface area (Å²) in [5.41, 5.74) is -0.108. The summed E-state index contributed by atoms with van der Waals surface area (Å²) in [4.78, 5) is 33.7. The van der Waals surface area contributed by atoms with Gasteiger partial charge in [0.05, 0.1) is 12.0 Å². The number of hydrogen-bond donors (Lipinski definition) is 1. The quantitative estimate of drug-likeness (QED) is 0.505. The van der Waals surface area contributed by atoms with Crippen LogP contribution < -0.4 is 5.32 Å². The van der Waals surface area contributed by atoms with Gasteiger partial charge in [-0.25, -0.2) is 9.59 Å². The lowest BCUT2D eigenvalue weighted by Gasteiger charge is -2.22. The first kappa shape index (κ1) is 18.4. The number of nitro groups is 1. The second-order valence-electron chi connectivity index (χ2n) is 5.85. The van der Waals surface area contributed by atoms with E-state index in [-0.39, 0.29) is 12.1 Å². The van der Waals surface area contributed by atoms with E-state index in [1.54, 1.807) is 20.8 Å². The van der Waals surface area contributed by atoms with Gasteiger partial charge in [0.2, 0.25) is 0 Å². The molecular formula is C15H20N2O6. The van der Waals surface area contributed by atoms with Crippen LogP contribution in [0.2, 0.25) is 0 Å². The number of nitrogens with one attached hydrogen (secondary N) is 1. The highest BCUT2D eigenvalue weighted by Crippen LogP contribution is 2.14. The van der Waals surface area contributed by atoms with Gasteiger partial charge in [-0.05, 0) is 26.3 Å². The number of non-ortho nitro benzene ring substituents is 1. The molecule has 0 heterocycles. The molecule has 0 aliphatic heterocycles. The van der Waals surface area contributed by atoms with Gasteiger partial charge < -0.3 is 14.8 Å². The molecule has 1 amide bonds. The number of nitrogens with zero attached hydrogens (tertiary/aromatic N) is 1. The van der Waals surface area contributed by atoms with Crippen molar-refractivity contribution < 1.29 is 24.0 Å². The minimum atomic E-state index is -0.948. The van der Waals surface area contributed by atoms with Gasteiger partial charge in [0.1, 0.15) is 11.6 Å². The molecule has 1 N–H and O–H groups in total. The van der Waals surface area contributed by atoms with Crippen LogP contribution in [0, 0.1) is 10.1 Å². The largest absolute Gasteiger partial charge is 0.467 e. The second kappa shape index (κ2) is 7.57. The number of esters is 1. The molecule has 1 atom stereocenters. The predicted octanol–water partition coefficient (Wildman–Crippen LogP) is 2.20. The van der Waals surface area contributed by atoms with E-state index in [0.29, 0.717) is 5.56 Å². The lowest BCUT2D eigenvalue weighted by Crippen LogP contribution is -2.45. The number of rotatable bonds is 5. The van der Waals surface area contributed by atoms with Crippen molar-refractivity contribution in [2.45, 2.75) is 38.8 Å². The number of hydrogen-bond acceptors (Lipinski definition) is 6. The lowest BCUT2D eigenvalue weighted by atomic mass is 10.1. The Labute approximate surface area is 133 Å². The molecule has 0 radical (unpaired) electrons. The fraction of sp³-hybridized carbons (Fsp3) is 0.467. The zero-order valence-electron chi connectivity index (χ0n) is 13.5. The van der Waals surface area contributed by atoms with E-state index in [0.717, 1.165) is 0 Å². The van der Waals surface area contributed by atoms with Gasteiger partial charge in [0.25, 0.3) is 5.69 Å². The van der Waals surface area contributed by atoms with Crippen LogP contribution in [0.3, 0.4) is 0 Å². The van der Waals surface area contributed by atoms with Crippen molar-refractivity contribution in [2.75, 3.05) is 7.11 Å². The van der Waals surface area contributed by atoms with Crippen molar-refractivity contribution in [2.24, 2.45) is 0 Å². The first-order valence-corrected chi connectivity index (χ1v) is 6.93. The van der Waals surface area contributed by atoms with Crippen molar-refractivity contribution in [3.8, 4) is 0 Å². The Morgan fingerprint density at radius 3 is 2.26 bits per heavy atom. The maximum atomic E-state index is 11.8. The average molecular weight is 324 g/mol. The van der Waals surface area contributed by atoms with E-state index >= 15 is 0 Å². The molecule has 1 rings (SSSR count). The first-order valence-electron chi connectivity index (χ1n) is 6.93. The van der Waals surface area contributed by atoms with Gasteiger partial charge in [0.15, 0.2) is 0 Å². The zero-order chi connectivity index (χ0) is 17.6. The summed E-state index contributed by atoms with van der Waals surface area (Å²) in [7, 11) is 1.21. The van der Waals surface area contributed by atoms with Crippen molar-refractivity contribution in [1.29, 1.82) is 0 Å². The van der Waals surface area contributed by atoms with Crippen LogP contribution in [0.15, 0.2) is 24.3 Å². The Morgan fingerprint density at radius 1 is 1.26 bits per heavy atom. The minimum Gasteiger partial charge on any atom is -0.467 e. The zero-order valence-corrected chi connectivity index (χ0v) is 13.5. The van der Waals surface area contributed by atoms with Gasteiger partial charge >= 0.3 is 12.1 Å². The molecule has 0 aromatic heterocycles. The van der Waals surface area contributed by atoms with Gasteiger partial charge in [-0.15, -0.1) is 0 Å². The first-order chi connectivity index (χ1) is 10.6. The maximum absolute atomic E-state index is 11.8. The Kier molecular flexibility index (Phi) is 6.06. The molecule has 0 bridgehead atoms. The fourth-order valence-electron chi connectivity index (χ4n) is 1.77. The summed E-state index contributed by atoms with van der Waals surface area (Å²) in [5, 5.41) is 13.1. The molecule has 0 spiro atoms. The van der Waals surface area contributed by atoms with Gasteiger partial charge in [-0.1, -0.05) is 12.1 Å². The number of alkyl carbamates (subject to hydrolysis) is 1. The monoisotopic (exact) mass is 324 g/mol. The molecule has 0 saturated heterocycles. The highest BCUT2D eigenvalue weighted by molar-refractivity contribution is 5.81. The third-order valence-electron chi connectivity index (χ3n) is 2.76. The third kappa shape index (κ3) is 6.33. The number of methoxy groups -OCH3 is 1. The molecule has 0 aliphatic rings. The Balaban J connectivity index is 2.80. The van der Waals surface area contributed by atoms with Crippen LogP contribution in [0.5, 0.6) is 0 Å². The normalized spacial score (nSPS) is 12.2. The molecule has 1 aromatic rings. The lowest BCUT2D eigenvalue weighted by molar-refractivity contribution is -0.384. The van der Waals surface area contributed by atoms with E-state index in [1.165, 1.54) is 31.4 Å². The number of ether oxygens (including phenoxy) is 2. The number of carbonyl (C=O) groups excluding carboxylic acids is 2. The standard InChI is InChI=1S/C15H20N2O6/c1-15(2,3)23-14(19)16-12(13(18)22-4)9-10-5-7-11(8-6-10)17(20)21/h5-8,12H,9H2,1-4H3,(H,16,19)/t12-/m1/s1. The van der Waals surface area contributed by atoms with Crippen LogP contribution in [0.25, 0.3) is 0 Å². The predicted molar refractivity (Wildman–Crippen MR) is 82.0 cm³/mol. The molecule has 1 aromatic carbocycles. The fourth-order valence-corrected chi connectivity index (χ4v) is 1.77. The van der Waals surface area contributed by atoms with E-state index in [1.807, 2.05) is 0 Å². The molecule has 0 saturated carbocycles. The number of benzene rings is 1. The molecule has 126 valence electrons. The summed E-state index contributed by atoms with van der Waals surface area (Å²) in [6.45, 7) is 5.11. The van der Waals surface area contributed by atoms with Crippen molar-refractivity contribution in [3.63, 3.8) is 0 Å². The van der Waals surface area contributed by atoms with Crippen LogP contribution in [0.1, 0.15) is 26.3 Å². The van der Waals surface area contributed by atoms with Crippen LogP contribution in [-0.2, 0) is 20.7 Å². The molecule has 0 aliphatic carbocycles. The molecule has 0 unspecified atom stereocenters. The molecule has 23 heavy (non-hydrogen) atoms. The van der Waals surface area contributed by atoms with E-state index in [2.05, 4.69) is 10.1 Å². The summed E-state index contributed by atoms with van der Waals surface area (Å²) >= 11 is 0. The molecule has 8 nitrogen and oxygen atoms in total. The molecular weight excluding hydrogens is 304 g/mol. The highest BCUT2D eigenvalue weighted by atomic mass is 16.6. The summed E-state index contributed by atoms with van der Waals surface area (Å²) in [5.74, 6) is -0.630. The van der Waals surface area contributed by atoms with Crippen LogP contribution in [-0.4, -0.2) is 35.7 Å². The SMILES string of the molecule is COC(=O)[C@@H](Cc1ccc([N+](=O)[O-])cc1)NC(=O)OC(C)(C)C. The number of nitro benzene ring substituents is 1. The smallest absolute Gasteiger partial charge is 0.408 e. The Hall–Kier alpha value is -2.64. The molecule has 8 heteroatoms. The topological polar surface area (TPSA) is 108 Å². The third-order valence-corrected chi connectivity index (χ3v) is 2.76. The van der Waals surface area contributed by atoms with Crippen molar-refractivity contribution >= 4 is 17.7 Å². The number of carbonyl (C=O) groups is 2. The summed E-state index contributed by atoms with van der Waals surface area (Å²) < 4.78 is 9.76. The van der Waals surface area contributed by atoms with Crippen molar-refractivity contribution in [1.82, 2.24) is 5.32 Å². The maximum Gasteiger partial charge on any atom is 0.408 e. The minimum absolute atomic E-state index is 0.0523. The summed E-state index contributed by atoms with van der Waals surface area (Å²) in [6, 6.07) is 4.75. The van der Waals surface area contributed by atoms with Gasteiger partial charge in [-0.2, -0.15) is 0 Å². The van der Waals surface area contributed by atoms with E-state index in [4.69, 9.17) is 4.74 Å². The molecule has 0 fully saturated rings.